The van der Waals surface area contributed by atoms with Crippen molar-refractivity contribution in [1.82, 2.24) is 9.80 Å². The number of carbonyl (C=O) groups is 2. The van der Waals surface area contributed by atoms with Crippen molar-refractivity contribution in [3.8, 4) is 5.75 Å². The Morgan fingerprint density at radius 3 is 2.32 bits per heavy atom. The van der Waals surface area contributed by atoms with E-state index in [9.17, 15) is 22.8 Å². The molecule has 7 nitrogen and oxygen atoms in total. The van der Waals surface area contributed by atoms with E-state index in [4.69, 9.17) is 4.74 Å². The van der Waals surface area contributed by atoms with Crippen LogP contribution in [0.1, 0.15) is 12.8 Å². The highest BCUT2D eigenvalue weighted by molar-refractivity contribution is 5.89. The number of nitrogens with zero attached hydrogens (tertiary/aromatic N) is 2. The van der Waals surface area contributed by atoms with Gasteiger partial charge in [0.25, 0.3) is 5.91 Å². The number of piperazine rings is 1. The minimum atomic E-state index is -4.40. The molecular formula is C18H22F3N3O4. The Bertz CT molecular complexity index is 682. The summed E-state index contributed by atoms with van der Waals surface area (Å²) in [5, 5.41) is 2.69. The molecule has 0 bridgehead atoms. The normalized spacial score (nSPS) is 20.2. The van der Waals surface area contributed by atoms with Gasteiger partial charge < -0.3 is 24.6 Å². The van der Waals surface area contributed by atoms with Gasteiger partial charge >= 0.3 is 12.2 Å². The molecule has 0 radical (unpaired) electrons. The van der Waals surface area contributed by atoms with Gasteiger partial charge in [-0.15, -0.1) is 0 Å². The highest BCUT2D eigenvalue weighted by atomic mass is 19.4. The van der Waals surface area contributed by atoms with Gasteiger partial charge in [-0.1, -0.05) is 0 Å². The number of benzene rings is 1. The number of nitrogens with one attached hydrogen (secondary N) is 1. The average Bonchev–Trinajstić information content (AvgIpc) is 3.21. The maximum atomic E-state index is 12.3. The van der Waals surface area contributed by atoms with Crippen molar-refractivity contribution in [1.29, 1.82) is 0 Å². The lowest BCUT2D eigenvalue weighted by Gasteiger charge is -2.35. The lowest BCUT2D eigenvalue weighted by Crippen LogP contribution is -2.53. The quantitative estimate of drug-likeness (QED) is 0.842. The number of hydrogen-bond donors (Lipinski definition) is 1. The molecule has 0 saturated carbocycles. The van der Waals surface area contributed by atoms with Crippen molar-refractivity contribution in [2.24, 2.45) is 0 Å². The van der Waals surface area contributed by atoms with Crippen molar-refractivity contribution in [3.05, 3.63) is 24.3 Å². The largest absolute Gasteiger partial charge is 0.484 e. The summed E-state index contributed by atoms with van der Waals surface area (Å²) in [6, 6.07) is 5.34. The molecule has 28 heavy (non-hydrogen) atoms. The van der Waals surface area contributed by atoms with Gasteiger partial charge in [0, 0.05) is 38.5 Å². The van der Waals surface area contributed by atoms with Crippen LogP contribution in [0.4, 0.5) is 23.7 Å². The number of amides is 3. The molecule has 3 rings (SSSR count). The zero-order valence-electron chi connectivity index (χ0n) is 15.2. The summed E-state index contributed by atoms with van der Waals surface area (Å²) in [6.07, 6.45) is -3.14. The number of urea groups is 1. The van der Waals surface area contributed by atoms with Gasteiger partial charge in [0.05, 0.1) is 0 Å². The molecule has 3 amide bonds. The second kappa shape index (κ2) is 8.68. The molecule has 1 atom stereocenters. The predicted molar refractivity (Wildman–Crippen MR) is 94.1 cm³/mol. The Balaban J connectivity index is 1.44. The Kier molecular flexibility index (Phi) is 6.28. The van der Waals surface area contributed by atoms with Crippen molar-refractivity contribution in [2.75, 3.05) is 44.7 Å². The van der Waals surface area contributed by atoms with Crippen LogP contribution in [0.5, 0.6) is 5.75 Å². The smallest absolute Gasteiger partial charge is 0.422 e. The molecule has 2 heterocycles. The summed E-state index contributed by atoms with van der Waals surface area (Å²) in [7, 11) is 0. The second-order valence-electron chi connectivity index (χ2n) is 6.67. The Morgan fingerprint density at radius 1 is 1.11 bits per heavy atom. The Labute approximate surface area is 160 Å². The number of ether oxygens (including phenoxy) is 2. The van der Waals surface area contributed by atoms with Gasteiger partial charge in [-0.25, -0.2) is 4.79 Å². The zero-order valence-corrected chi connectivity index (χ0v) is 15.2. The first-order chi connectivity index (χ1) is 13.3. The van der Waals surface area contributed by atoms with Crippen LogP contribution in [0.25, 0.3) is 0 Å². The molecule has 0 aliphatic carbocycles. The van der Waals surface area contributed by atoms with Crippen LogP contribution in [-0.4, -0.2) is 73.4 Å². The minimum absolute atomic E-state index is 0.0213. The molecule has 1 aromatic rings. The van der Waals surface area contributed by atoms with Crippen LogP contribution in [0.3, 0.4) is 0 Å². The zero-order chi connectivity index (χ0) is 20.1. The van der Waals surface area contributed by atoms with E-state index in [1.807, 2.05) is 0 Å². The standard InChI is InChI=1S/C18H22F3N3O4/c19-18(20,21)12-28-14-5-3-13(4-6-14)22-17(26)24-9-7-23(8-10-24)16(25)15-2-1-11-27-15/h3-6,15H,1-2,7-12H2,(H,22,26). The maximum Gasteiger partial charge on any atom is 0.422 e. The molecule has 1 N–H and O–H groups in total. The molecule has 10 heteroatoms. The fourth-order valence-corrected chi connectivity index (χ4v) is 3.11. The maximum absolute atomic E-state index is 12.3. The number of anilines is 1. The van der Waals surface area contributed by atoms with Gasteiger partial charge in [0.1, 0.15) is 11.9 Å². The third-order valence-electron chi connectivity index (χ3n) is 4.59. The molecule has 0 aromatic heterocycles. The summed E-state index contributed by atoms with van der Waals surface area (Å²) in [6.45, 7) is 0.924. The summed E-state index contributed by atoms with van der Waals surface area (Å²) in [5.41, 5.74) is 0.447. The molecule has 1 unspecified atom stereocenters. The van der Waals surface area contributed by atoms with E-state index in [2.05, 4.69) is 10.1 Å². The van der Waals surface area contributed by atoms with Crippen LogP contribution < -0.4 is 10.1 Å². The Morgan fingerprint density at radius 2 is 1.75 bits per heavy atom. The summed E-state index contributed by atoms with van der Waals surface area (Å²) >= 11 is 0. The first-order valence-corrected chi connectivity index (χ1v) is 9.08. The first-order valence-electron chi connectivity index (χ1n) is 9.08. The third-order valence-corrected chi connectivity index (χ3v) is 4.59. The van der Waals surface area contributed by atoms with E-state index in [0.717, 1.165) is 12.8 Å². The van der Waals surface area contributed by atoms with Gasteiger partial charge in [-0.3, -0.25) is 4.79 Å². The number of carbonyl (C=O) groups excluding carboxylic acids is 2. The molecule has 2 saturated heterocycles. The van der Waals surface area contributed by atoms with E-state index in [0.29, 0.717) is 38.5 Å². The van der Waals surface area contributed by atoms with Gasteiger partial charge in [-0.2, -0.15) is 13.2 Å². The highest BCUT2D eigenvalue weighted by Gasteiger charge is 2.31. The van der Waals surface area contributed by atoms with E-state index in [1.165, 1.54) is 24.3 Å². The third kappa shape index (κ3) is 5.51. The topological polar surface area (TPSA) is 71.1 Å². The number of alkyl halides is 3. The van der Waals surface area contributed by atoms with E-state index in [-0.39, 0.29) is 23.8 Å². The number of halogens is 3. The van der Waals surface area contributed by atoms with E-state index >= 15 is 0 Å². The molecule has 1 aromatic carbocycles. The molecule has 0 spiro atoms. The number of rotatable bonds is 4. The molecule has 154 valence electrons. The monoisotopic (exact) mass is 401 g/mol. The van der Waals surface area contributed by atoms with Gasteiger partial charge in [0.2, 0.25) is 0 Å². The van der Waals surface area contributed by atoms with Crippen LogP contribution in [-0.2, 0) is 9.53 Å². The predicted octanol–water partition coefficient (Wildman–Crippen LogP) is 2.48. The lowest BCUT2D eigenvalue weighted by molar-refractivity contribution is -0.153. The molecular weight excluding hydrogens is 379 g/mol. The van der Waals surface area contributed by atoms with Crippen LogP contribution in [0.15, 0.2) is 24.3 Å². The van der Waals surface area contributed by atoms with Gasteiger partial charge in [-0.05, 0) is 37.1 Å². The van der Waals surface area contributed by atoms with E-state index < -0.39 is 12.8 Å². The SMILES string of the molecule is O=C(Nc1ccc(OCC(F)(F)F)cc1)N1CCN(C(=O)C2CCCO2)CC1. The average molecular weight is 401 g/mol. The van der Waals surface area contributed by atoms with Gasteiger partial charge in [0.15, 0.2) is 6.61 Å². The van der Waals surface area contributed by atoms with Crippen molar-refractivity contribution < 1.29 is 32.2 Å². The Hall–Kier alpha value is -2.49. The second-order valence-corrected chi connectivity index (χ2v) is 6.67. The lowest BCUT2D eigenvalue weighted by atomic mass is 10.2. The highest BCUT2D eigenvalue weighted by Crippen LogP contribution is 2.21. The van der Waals surface area contributed by atoms with Crippen LogP contribution >= 0.6 is 0 Å². The summed E-state index contributed by atoms with van der Waals surface area (Å²) < 4.78 is 46.5. The fourth-order valence-electron chi connectivity index (χ4n) is 3.11. The minimum Gasteiger partial charge on any atom is -0.484 e. The van der Waals surface area contributed by atoms with Crippen LogP contribution in [0, 0.1) is 0 Å². The van der Waals surface area contributed by atoms with Crippen molar-refractivity contribution in [3.63, 3.8) is 0 Å². The van der Waals surface area contributed by atoms with E-state index in [1.54, 1.807) is 9.80 Å². The first kappa shape index (κ1) is 20.2. The number of hydrogen-bond acceptors (Lipinski definition) is 4. The fraction of sp³-hybridized carbons (Fsp3) is 0.556. The van der Waals surface area contributed by atoms with Crippen LogP contribution in [0.2, 0.25) is 0 Å². The molecule has 2 aliphatic heterocycles. The molecule has 2 aliphatic rings. The molecule has 2 fully saturated rings. The summed E-state index contributed by atoms with van der Waals surface area (Å²) in [5.74, 6) is 0.0450. The van der Waals surface area contributed by atoms with Crippen molar-refractivity contribution in [2.45, 2.75) is 25.1 Å². The summed E-state index contributed by atoms with van der Waals surface area (Å²) in [4.78, 5) is 28.0. The van der Waals surface area contributed by atoms with Crippen molar-refractivity contribution >= 4 is 17.6 Å².